The van der Waals surface area contributed by atoms with Crippen LogP contribution in [0.1, 0.15) is 13.2 Å². The van der Waals surface area contributed by atoms with E-state index in [2.05, 4.69) is 19.7 Å². The van der Waals surface area contributed by atoms with Crippen LogP contribution in [0, 0.1) is 6.08 Å². The molecule has 1 saturated heterocycles. The van der Waals surface area contributed by atoms with Gasteiger partial charge >= 0.3 is 19.6 Å². The van der Waals surface area contributed by atoms with Crippen LogP contribution in [0.25, 0.3) is 11.2 Å². The first kappa shape index (κ1) is 22.4. The predicted molar refractivity (Wildman–Crippen MR) is 94.0 cm³/mol. The first-order valence-corrected chi connectivity index (χ1v) is 10.2. The van der Waals surface area contributed by atoms with Crippen molar-refractivity contribution in [3.8, 4) is 0 Å². The van der Waals surface area contributed by atoms with Gasteiger partial charge in [-0.1, -0.05) is 0 Å². The average Bonchev–Trinajstić information content (AvgIpc) is 3.17. The first-order valence-electron chi connectivity index (χ1n) is 8.55. The van der Waals surface area contributed by atoms with Crippen molar-refractivity contribution >= 4 is 30.5 Å². The standard InChI is InChI=1S/C14H19FN5O9P/c1-2-27-12(23)13(30(24,25)26)28-3-5-7(21)8(22)11(29-5)20-4-17-6-9(16)18-14(15)19-10(6)20/h4-5,7-8,11,13,21-22H,2-3H2,1H3,(H2,16,18,19)(H2,24,25,26)/t5-,7-,8-,11?,13-/m1/s1. The van der Waals surface area contributed by atoms with Gasteiger partial charge in [0.15, 0.2) is 23.2 Å². The van der Waals surface area contributed by atoms with E-state index in [9.17, 15) is 33.7 Å². The van der Waals surface area contributed by atoms with Crippen molar-refractivity contribution in [3.05, 3.63) is 12.4 Å². The molecule has 30 heavy (non-hydrogen) atoms. The van der Waals surface area contributed by atoms with Crippen LogP contribution in [0.3, 0.4) is 0 Å². The lowest BCUT2D eigenvalue weighted by Crippen LogP contribution is -2.36. The minimum atomic E-state index is -5.04. The summed E-state index contributed by atoms with van der Waals surface area (Å²) in [5, 5.41) is 20.6. The highest BCUT2D eigenvalue weighted by Gasteiger charge is 2.46. The number of rotatable bonds is 7. The zero-order valence-electron chi connectivity index (χ0n) is 15.4. The van der Waals surface area contributed by atoms with E-state index in [-0.39, 0.29) is 23.6 Å². The van der Waals surface area contributed by atoms with E-state index in [0.717, 1.165) is 10.9 Å². The number of nitrogens with two attached hydrogens (primary N) is 1. The normalized spacial score (nSPS) is 25.5. The number of aliphatic hydroxyl groups excluding tert-OH is 2. The highest BCUT2D eigenvalue weighted by Crippen LogP contribution is 2.43. The van der Waals surface area contributed by atoms with E-state index in [1.165, 1.54) is 6.92 Å². The Bertz CT molecular complexity index is 984. The number of nitrogen functional groups attached to an aromatic ring is 1. The largest absolute Gasteiger partial charge is 0.464 e. The summed E-state index contributed by atoms with van der Waals surface area (Å²) >= 11 is 0. The Hall–Kier alpha value is -2.26. The van der Waals surface area contributed by atoms with Crippen molar-refractivity contribution in [2.75, 3.05) is 18.9 Å². The lowest BCUT2D eigenvalue weighted by atomic mass is 10.1. The average molecular weight is 451 g/mol. The maximum atomic E-state index is 13.5. The molecule has 2 aromatic rings. The third kappa shape index (κ3) is 4.27. The molecule has 2 aromatic heterocycles. The number of esters is 1. The van der Waals surface area contributed by atoms with Crippen molar-refractivity contribution in [2.24, 2.45) is 0 Å². The number of aromatic nitrogens is 4. The van der Waals surface area contributed by atoms with E-state index < -0.39 is 56.6 Å². The van der Waals surface area contributed by atoms with E-state index in [4.69, 9.17) is 15.2 Å². The molecule has 0 saturated carbocycles. The van der Waals surface area contributed by atoms with E-state index in [1.54, 1.807) is 0 Å². The summed E-state index contributed by atoms with van der Waals surface area (Å²) in [5.74, 6) is -3.78. The molecule has 0 radical (unpaired) electrons. The molecule has 5 atom stereocenters. The summed E-state index contributed by atoms with van der Waals surface area (Å²) in [6.07, 6.45) is -5.80. The highest BCUT2D eigenvalue weighted by molar-refractivity contribution is 7.53. The molecule has 14 nitrogen and oxygen atoms in total. The van der Waals surface area contributed by atoms with Gasteiger partial charge in [0.2, 0.25) is 0 Å². The van der Waals surface area contributed by atoms with Crippen molar-refractivity contribution in [1.82, 2.24) is 19.5 Å². The van der Waals surface area contributed by atoms with Crippen LogP contribution in [0.15, 0.2) is 6.33 Å². The van der Waals surface area contributed by atoms with Gasteiger partial charge in [0, 0.05) is 0 Å². The molecule has 0 amide bonds. The first-order chi connectivity index (χ1) is 14.0. The second-order valence-electron chi connectivity index (χ2n) is 6.28. The number of ether oxygens (including phenoxy) is 3. The molecule has 1 fully saturated rings. The second kappa shape index (κ2) is 8.47. The molecule has 0 bridgehead atoms. The quantitative estimate of drug-likeness (QED) is 0.180. The topological polar surface area (TPSA) is 212 Å². The Balaban J connectivity index is 1.79. The number of anilines is 1. The molecule has 3 heterocycles. The monoisotopic (exact) mass is 451 g/mol. The van der Waals surface area contributed by atoms with Gasteiger partial charge in [-0.15, -0.1) is 0 Å². The van der Waals surface area contributed by atoms with Gasteiger partial charge in [0.25, 0.3) is 5.85 Å². The molecular weight excluding hydrogens is 432 g/mol. The van der Waals surface area contributed by atoms with Crippen LogP contribution in [0.2, 0.25) is 0 Å². The Morgan fingerprint density at radius 3 is 2.73 bits per heavy atom. The molecule has 16 heteroatoms. The lowest BCUT2D eigenvalue weighted by molar-refractivity contribution is -0.155. The van der Waals surface area contributed by atoms with Crippen LogP contribution in [0.5, 0.6) is 0 Å². The fraction of sp³-hybridized carbons (Fsp3) is 0.571. The number of imidazole rings is 1. The maximum Gasteiger partial charge on any atom is 0.365 e. The summed E-state index contributed by atoms with van der Waals surface area (Å²) in [7, 11) is -5.04. The van der Waals surface area contributed by atoms with Crippen molar-refractivity contribution in [1.29, 1.82) is 0 Å². The van der Waals surface area contributed by atoms with Crippen LogP contribution in [0.4, 0.5) is 10.2 Å². The summed E-state index contributed by atoms with van der Waals surface area (Å²) in [5.41, 5.74) is 5.49. The fourth-order valence-corrected chi connectivity index (χ4v) is 3.53. The maximum absolute atomic E-state index is 13.5. The van der Waals surface area contributed by atoms with Gasteiger partial charge in [0.05, 0.1) is 19.5 Å². The predicted octanol–water partition coefficient (Wildman–Crippen LogP) is -1.75. The summed E-state index contributed by atoms with van der Waals surface area (Å²) in [4.78, 5) is 41.1. The smallest absolute Gasteiger partial charge is 0.365 e. The summed E-state index contributed by atoms with van der Waals surface area (Å²) in [6.45, 7) is 0.618. The molecule has 1 aliphatic rings. The molecular formula is C14H19FN5O9P. The van der Waals surface area contributed by atoms with Gasteiger partial charge in [-0.05, 0) is 6.92 Å². The number of hydrogen-bond donors (Lipinski definition) is 5. The van der Waals surface area contributed by atoms with E-state index >= 15 is 0 Å². The minimum absolute atomic E-state index is 0.0327. The number of fused-ring (bicyclic) bond motifs is 1. The summed E-state index contributed by atoms with van der Waals surface area (Å²) in [6, 6.07) is 0. The lowest BCUT2D eigenvalue weighted by Gasteiger charge is -2.20. The van der Waals surface area contributed by atoms with Crippen molar-refractivity contribution in [2.45, 2.75) is 37.3 Å². The zero-order valence-corrected chi connectivity index (χ0v) is 16.3. The van der Waals surface area contributed by atoms with E-state index in [1.807, 2.05) is 0 Å². The number of carbonyl (C=O) groups excluding carboxylic acids is 1. The Kier molecular flexibility index (Phi) is 6.33. The molecule has 0 aromatic carbocycles. The third-order valence-corrected chi connectivity index (χ3v) is 5.22. The van der Waals surface area contributed by atoms with Crippen molar-refractivity contribution in [3.63, 3.8) is 0 Å². The van der Waals surface area contributed by atoms with Gasteiger partial charge in [-0.3, -0.25) is 9.13 Å². The van der Waals surface area contributed by atoms with Crippen molar-refractivity contribution < 1.29 is 48.0 Å². The van der Waals surface area contributed by atoms with Gasteiger partial charge < -0.3 is 39.9 Å². The molecule has 0 spiro atoms. The molecule has 3 rings (SSSR count). The second-order valence-corrected chi connectivity index (χ2v) is 7.92. The Morgan fingerprint density at radius 1 is 1.40 bits per heavy atom. The van der Waals surface area contributed by atoms with Gasteiger partial charge in [0.1, 0.15) is 18.3 Å². The van der Waals surface area contributed by atoms with Gasteiger partial charge in [-0.25, -0.2) is 9.78 Å². The highest BCUT2D eigenvalue weighted by atomic mass is 31.2. The molecule has 1 unspecified atom stereocenters. The fourth-order valence-electron chi connectivity index (χ4n) is 2.90. The number of hydrogen-bond acceptors (Lipinski definition) is 11. The minimum Gasteiger partial charge on any atom is -0.464 e. The van der Waals surface area contributed by atoms with Crippen LogP contribution in [-0.2, 0) is 23.6 Å². The van der Waals surface area contributed by atoms with E-state index in [0.29, 0.717) is 0 Å². The number of halogens is 1. The zero-order chi connectivity index (χ0) is 22.2. The Morgan fingerprint density at radius 2 is 2.10 bits per heavy atom. The molecule has 0 aliphatic carbocycles. The molecule has 6 N–H and O–H groups in total. The third-order valence-electron chi connectivity index (χ3n) is 4.24. The summed E-state index contributed by atoms with van der Waals surface area (Å²) < 4.78 is 41.1. The molecule has 166 valence electrons. The number of carbonyl (C=O) groups is 1. The van der Waals surface area contributed by atoms with Crippen LogP contribution in [-0.4, -0.2) is 82.9 Å². The van der Waals surface area contributed by atoms with Crippen LogP contribution < -0.4 is 5.73 Å². The number of nitrogens with zero attached hydrogens (tertiary/aromatic N) is 4. The Labute approximate surface area is 167 Å². The number of aliphatic hydroxyl groups is 2. The SMILES string of the molecule is CCOC(=O)[C@H](OC[C@H]1OC(n2cnc3c(N)nc(F)nc32)[C@H](O)[C@@H]1O)P(=O)(O)O. The van der Waals surface area contributed by atoms with Crippen LogP contribution >= 0.6 is 7.60 Å². The molecule has 1 aliphatic heterocycles. The van der Waals surface area contributed by atoms with Gasteiger partial charge in [-0.2, -0.15) is 14.4 Å².